The van der Waals surface area contributed by atoms with Crippen LogP contribution in [0, 0.1) is 6.92 Å². The molecule has 0 atom stereocenters. The summed E-state index contributed by atoms with van der Waals surface area (Å²) in [4.78, 5) is 7.05. The van der Waals surface area contributed by atoms with Gasteiger partial charge >= 0.3 is 0 Å². The quantitative estimate of drug-likeness (QED) is 0.627. The summed E-state index contributed by atoms with van der Waals surface area (Å²) in [5, 5.41) is 11.8. The van der Waals surface area contributed by atoms with Crippen molar-refractivity contribution in [1.82, 2.24) is 20.2 Å². The summed E-state index contributed by atoms with van der Waals surface area (Å²) >= 11 is 5.59. The normalized spacial score (nSPS) is 10.9. The number of aryl methyl sites for hydroxylation is 1. The molecule has 7 heteroatoms. The predicted octanol–water partition coefficient (Wildman–Crippen LogP) is 1.61. The molecule has 0 aromatic carbocycles. The average Bonchev–Trinajstić information content (AvgIpc) is 2.67. The van der Waals surface area contributed by atoms with Crippen LogP contribution in [0.15, 0.2) is 23.4 Å². The second-order valence-electron chi connectivity index (χ2n) is 3.04. The summed E-state index contributed by atoms with van der Waals surface area (Å²) in [7, 11) is 0. The van der Waals surface area contributed by atoms with E-state index in [-0.39, 0.29) is 0 Å². The Hall–Kier alpha value is -1.95. The molecule has 16 heavy (non-hydrogen) atoms. The fourth-order valence-electron chi connectivity index (χ4n) is 1.05. The minimum atomic E-state index is 0.346. The lowest BCUT2D eigenvalue weighted by atomic mass is 10.5. The van der Waals surface area contributed by atoms with Gasteiger partial charge in [-0.3, -0.25) is 5.43 Å². The first-order chi connectivity index (χ1) is 7.74. The molecule has 0 radical (unpaired) electrons. The zero-order chi connectivity index (χ0) is 11.4. The number of H-pyrrole nitrogens is 1. The largest absolute Gasteiger partial charge is 0.341 e. The molecule has 2 heterocycles. The summed E-state index contributed by atoms with van der Waals surface area (Å²) in [6.45, 7) is 1.87. The van der Waals surface area contributed by atoms with Gasteiger partial charge in [0.1, 0.15) is 5.82 Å². The summed E-state index contributed by atoms with van der Waals surface area (Å²) < 4.78 is 0. The summed E-state index contributed by atoms with van der Waals surface area (Å²) in [5.74, 6) is 1.37. The van der Waals surface area contributed by atoms with Gasteiger partial charge in [0.05, 0.1) is 18.1 Å². The highest BCUT2D eigenvalue weighted by atomic mass is 35.5. The molecule has 0 unspecified atom stereocenters. The molecule has 0 fully saturated rings. The zero-order valence-corrected chi connectivity index (χ0v) is 9.23. The number of aromatic nitrogens is 4. The van der Waals surface area contributed by atoms with Gasteiger partial charge in [-0.25, -0.2) is 4.98 Å². The van der Waals surface area contributed by atoms with Crippen LogP contribution < -0.4 is 5.43 Å². The van der Waals surface area contributed by atoms with Crippen LogP contribution in [0.25, 0.3) is 0 Å². The van der Waals surface area contributed by atoms with Gasteiger partial charge in [0, 0.05) is 0 Å². The van der Waals surface area contributed by atoms with Gasteiger partial charge < -0.3 is 4.98 Å². The van der Waals surface area contributed by atoms with Crippen molar-refractivity contribution in [2.24, 2.45) is 5.10 Å². The van der Waals surface area contributed by atoms with Gasteiger partial charge in [-0.2, -0.15) is 5.10 Å². The van der Waals surface area contributed by atoms with Crippen LogP contribution >= 0.6 is 11.6 Å². The second kappa shape index (κ2) is 4.71. The Morgan fingerprint density at radius 1 is 1.44 bits per heavy atom. The second-order valence-corrected chi connectivity index (χ2v) is 3.42. The van der Waals surface area contributed by atoms with E-state index < -0.39 is 0 Å². The molecule has 2 rings (SSSR count). The van der Waals surface area contributed by atoms with E-state index in [4.69, 9.17) is 11.6 Å². The molecular weight excluding hydrogens is 228 g/mol. The topological polar surface area (TPSA) is 78.8 Å². The van der Waals surface area contributed by atoms with E-state index in [1.165, 1.54) is 0 Å². The van der Waals surface area contributed by atoms with Gasteiger partial charge in [-0.15, -0.1) is 10.2 Å². The van der Waals surface area contributed by atoms with Gasteiger partial charge in [-0.1, -0.05) is 11.6 Å². The number of rotatable bonds is 3. The molecule has 0 amide bonds. The van der Waals surface area contributed by atoms with Crippen LogP contribution in [0.4, 0.5) is 5.82 Å². The minimum Gasteiger partial charge on any atom is -0.341 e. The molecule has 0 aliphatic heterocycles. The van der Waals surface area contributed by atoms with Crippen LogP contribution in [-0.4, -0.2) is 26.4 Å². The highest BCUT2D eigenvalue weighted by molar-refractivity contribution is 6.29. The Balaban J connectivity index is 1.97. The molecule has 6 nitrogen and oxygen atoms in total. The lowest BCUT2D eigenvalue weighted by molar-refractivity contribution is 1.02. The van der Waals surface area contributed by atoms with Crippen LogP contribution in [0.5, 0.6) is 0 Å². The third-order valence-electron chi connectivity index (χ3n) is 1.74. The summed E-state index contributed by atoms with van der Waals surface area (Å²) in [6, 6.07) is 3.32. The highest BCUT2D eigenvalue weighted by Gasteiger charge is 1.93. The number of nitrogens with one attached hydrogen (secondary N) is 2. The molecule has 2 N–H and O–H groups in total. The Morgan fingerprint density at radius 2 is 2.31 bits per heavy atom. The maximum atomic E-state index is 5.59. The van der Waals surface area contributed by atoms with E-state index in [9.17, 15) is 0 Å². The van der Waals surface area contributed by atoms with E-state index >= 15 is 0 Å². The first-order valence-electron chi connectivity index (χ1n) is 4.54. The van der Waals surface area contributed by atoms with E-state index in [2.05, 4.69) is 30.7 Å². The van der Waals surface area contributed by atoms with E-state index in [0.717, 1.165) is 11.5 Å². The van der Waals surface area contributed by atoms with Crippen LogP contribution in [-0.2, 0) is 0 Å². The average molecular weight is 237 g/mol. The maximum absolute atomic E-state index is 5.59. The van der Waals surface area contributed by atoms with Crippen LogP contribution in [0.3, 0.4) is 0 Å². The first kappa shape index (κ1) is 10.6. The number of aromatic amines is 1. The van der Waals surface area contributed by atoms with Crippen molar-refractivity contribution in [2.75, 3.05) is 5.43 Å². The summed E-state index contributed by atoms with van der Waals surface area (Å²) in [5.41, 5.74) is 3.53. The molecule has 0 spiro atoms. The smallest absolute Gasteiger partial charge is 0.168 e. The standard InChI is InChI=1S/C9H9ClN6/c1-6-11-4-7(13-6)5-12-15-9-3-2-8(10)14-16-9/h2-5H,1H3,(H,11,13)(H,15,16)/b12-5+. The number of halogens is 1. The van der Waals surface area contributed by atoms with Gasteiger partial charge in [0.25, 0.3) is 0 Å². The molecule has 2 aromatic heterocycles. The van der Waals surface area contributed by atoms with E-state index in [1.54, 1.807) is 24.5 Å². The number of hydrazone groups is 1. The van der Waals surface area contributed by atoms with Crippen molar-refractivity contribution in [3.05, 3.63) is 35.0 Å². The Morgan fingerprint density at radius 3 is 2.94 bits per heavy atom. The van der Waals surface area contributed by atoms with Gasteiger partial charge in [-0.05, 0) is 19.1 Å². The van der Waals surface area contributed by atoms with E-state index in [0.29, 0.717) is 11.0 Å². The van der Waals surface area contributed by atoms with Crippen molar-refractivity contribution >= 4 is 23.6 Å². The third kappa shape index (κ3) is 2.77. The lowest BCUT2D eigenvalue weighted by Crippen LogP contribution is -1.95. The fraction of sp³-hybridized carbons (Fsp3) is 0.111. The predicted molar refractivity (Wildman–Crippen MR) is 61.6 cm³/mol. The maximum Gasteiger partial charge on any atom is 0.168 e. The SMILES string of the molecule is Cc1ncc(/C=N/Nc2ccc(Cl)nn2)[nH]1. The molecule has 0 saturated heterocycles. The minimum absolute atomic E-state index is 0.346. The van der Waals surface area contributed by atoms with Crippen LogP contribution in [0.2, 0.25) is 5.15 Å². The highest BCUT2D eigenvalue weighted by Crippen LogP contribution is 2.05. The molecule has 0 bridgehead atoms. The molecule has 0 aliphatic rings. The number of hydrogen-bond donors (Lipinski definition) is 2. The number of nitrogens with zero attached hydrogens (tertiary/aromatic N) is 4. The number of imidazole rings is 1. The molecule has 0 aliphatic carbocycles. The Kier molecular flexibility index (Phi) is 3.11. The lowest BCUT2D eigenvalue weighted by Gasteiger charge is -1.96. The fourth-order valence-corrected chi connectivity index (χ4v) is 1.15. The Labute approximate surface area is 96.8 Å². The van der Waals surface area contributed by atoms with Gasteiger partial charge in [0.2, 0.25) is 0 Å². The first-order valence-corrected chi connectivity index (χ1v) is 4.92. The molecule has 2 aromatic rings. The number of anilines is 1. The van der Waals surface area contributed by atoms with Crippen molar-refractivity contribution in [2.45, 2.75) is 6.92 Å². The van der Waals surface area contributed by atoms with Crippen LogP contribution in [0.1, 0.15) is 11.5 Å². The third-order valence-corrected chi connectivity index (χ3v) is 1.94. The van der Waals surface area contributed by atoms with Crippen molar-refractivity contribution < 1.29 is 0 Å². The monoisotopic (exact) mass is 236 g/mol. The summed E-state index contributed by atoms with van der Waals surface area (Å²) in [6.07, 6.45) is 3.30. The molecule has 0 saturated carbocycles. The van der Waals surface area contributed by atoms with Crippen molar-refractivity contribution in [1.29, 1.82) is 0 Å². The van der Waals surface area contributed by atoms with Crippen molar-refractivity contribution in [3.63, 3.8) is 0 Å². The Bertz CT molecular complexity index is 489. The van der Waals surface area contributed by atoms with Crippen molar-refractivity contribution in [3.8, 4) is 0 Å². The molecular formula is C9H9ClN6. The zero-order valence-electron chi connectivity index (χ0n) is 8.48. The van der Waals surface area contributed by atoms with E-state index in [1.807, 2.05) is 6.92 Å². The molecule has 82 valence electrons. The van der Waals surface area contributed by atoms with Gasteiger partial charge in [0.15, 0.2) is 11.0 Å². The number of hydrogen-bond acceptors (Lipinski definition) is 5.